The lowest BCUT2D eigenvalue weighted by Crippen LogP contribution is -2.34. The molecule has 2 rings (SSSR count). The van der Waals surface area contributed by atoms with Gasteiger partial charge in [0.2, 0.25) is 0 Å². The average Bonchev–Trinajstić information content (AvgIpc) is 3.07. The maximum atomic E-state index is 4.89. The van der Waals surface area contributed by atoms with Crippen molar-refractivity contribution in [3.63, 3.8) is 0 Å². The quantitative estimate of drug-likeness (QED) is 0.773. The SMILES string of the molecule is CCNCc1sc(N(CCC(C)C)C2CCCC2)nc1C. The summed E-state index contributed by atoms with van der Waals surface area (Å²) in [6.07, 6.45) is 6.73. The van der Waals surface area contributed by atoms with Crippen molar-refractivity contribution in [3.8, 4) is 0 Å². The van der Waals surface area contributed by atoms with E-state index in [9.17, 15) is 0 Å². The van der Waals surface area contributed by atoms with E-state index in [4.69, 9.17) is 4.98 Å². The van der Waals surface area contributed by atoms with E-state index in [1.54, 1.807) is 0 Å². The van der Waals surface area contributed by atoms with Crippen molar-refractivity contribution in [1.29, 1.82) is 0 Å². The van der Waals surface area contributed by atoms with E-state index in [-0.39, 0.29) is 0 Å². The number of aromatic nitrogens is 1. The minimum atomic E-state index is 0.723. The van der Waals surface area contributed by atoms with Gasteiger partial charge in [-0.05, 0) is 38.6 Å². The van der Waals surface area contributed by atoms with E-state index in [1.807, 2.05) is 11.3 Å². The van der Waals surface area contributed by atoms with Gasteiger partial charge >= 0.3 is 0 Å². The van der Waals surface area contributed by atoms with Crippen molar-refractivity contribution in [3.05, 3.63) is 10.6 Å². The second kappa shape index (κ2) is 8.14. The lowest BCUT2D eigenvalue weighted by atomic mass is 10.1. The van der Waals surface area contributed by atoms with Crippen molar-refractivity contribution < 1.29 is 0 Å². The third-order valence-electron chi connectivity index (χ3n) is 4.38. The summed E-state index contributed by atoms with van der Waals surface area (Å²) in [5.41, 5.74) is 1.21. The molecule has 1 heterocycles. The summed E-state index contributed by atoms with van der Waals surface area (Å²) >= 11 is 1.90. The van der Waals surface area contributed by atoms with E-state index in [0.29, 0.717) is 0 Å². The largest absolute Gasteiger partial charge is 0.345 e. The van der Waals surface area contributed by atoms with Crippen LogP contribution in [0.25, 0.3) is 0 Å². The molecule has 0 atom stereocenters. The van der Waals surface area contributed by atoms with Crippen LogP contribution in [0.3, 0.4) is 0 Å². The molecular weight excluding hydrogens is 278 g/mol. The Kier molecular flexibility index (Phi) is 6.49. The van der Waals surface area contributed by atoms with Crippen molar-refractivity contribution in [1.82, 2.24) is 10.3 Å². The van der Waals surface area contributed by atoms with Crippen molar-refractivity contribution in [2.24, 2.45) is 5.92 Å². The molecule has 0 bridgehead atoms. The molecule has 1 aliphatic carbocycles. The molecule has 0 spiro atoms. The number of thiazole rings is 1. The number of anilines is 1. The summed E-state index contributed by atoms with van der Waals surface area (Å²) in [5, 5.41) is 4.69. The Morgan fingerprint density at radius 3 is 2.67 bits per heavy atom. The molecule has 21 heavy (non-hydrogen) atoms. The molecule has 0 saturated heterocycles. The van der Waals surface area contributed by atoms with Gasteiger partial charge in [0.1, 0.15) is 0 Å². The van der Waals surface area contributed by atoms with Gasteiger partial charge in [-0.2, -0.15) is 0 Å². The zero-order valence-electron chi connectivity index (χ0n) is 14.1. The van der Waals surface area contributed by atoms with E-state index < -0.39 is 0 Å². The first kappa shape index (κ1) is 16.8. The Labute approximate surface area is 134 Å². The summed E-state index contributed by atoms with van der Waals surface area (Å²) in [6.45, 7) is 12.1. The van der Waals surface area contributed by atoms with Gasteiger partial charge in [-0.25, -0.2) is 4.98 Å². The number of aryl methyl sites for hydroxylation is 1. The predicted molar refractivity (Wildman–Crippen MR) is 93.3 cm³/mol. The molecule has 1 saturated carbocycles. The monoisotopic (exact) mass is 309 g/mol. The Bertz CT molecular complexity index is 422. The molecule has 0 radical (unpaired) electrons. The average molecular weight is 310 g/mol. The van der Waals surface area contributed by atoms with Crippen molar-refractivity contribution in [2.75, 3.05) is 18.0 Å². The summed E-state index contributed by atoms with van der Waals surface area (Å²) in [4.78, 5) is 8.90. The summed E-state index contributed by atoms with van der Waals surface area (Å²) in [7, 11) is 0. The number of nitrogens with one attached hydrogen (secondary N) is 1. The van der Waals surface area contributed by atoms with E-state index in [1.165, 1.54) is 47.8 Å². The lowest BCUT2D eigenvalue weighted by Gasteiger charge is -2.29. The van der Waals surface area contributed by atoms with E-state index >= 15 is 0 Å². The molecular formula is C17H31N3S. The molecule has 1 fully saturated rings. The van der Waals surface area contributed by atoms with E-state index in [0.717, 1.165) is 31.6 Å². The number of hydrogen-bond donors (Lipinski definition) is 1. The van der Waals surface area contributed by atoms with Gasteiger partial charge in [-0.3, -0.25) is 0 Å². The Hall–Kier alpha value is -0.610. The smallest absolute Gasteiger partial charge is 0.186 e. The molecule has 120 valence electrons. The second-order valence-corrected chi connectivity index (χ2v) is 7.66. The topological polar surface area (TPSA) is 28.2 Å². The van der Waals surface area contributed by atoms with Crippen molar-refractivity contribution in [2.45, 2.75) is 72.4 Å². The van der Waals surface area contributed by atoms with Crippen LogP contribution in [0, 0.1) is 12.8 Å². The fourth-order valence-corrected chi connectivity index (χ4v) is 4.11. The molecule has 0 amide bonds. The van der Waals surface area contributed by atoms with Gasteiger partial charge in [0.25, 0.3) is 0 Å². The fraction of sp³-hybridized carbons (Fsp3) is 0.824. The van der Waals surface area contributed by atoms with Crippen LogP contribution in [-0.4, -0.2) is 24.1 Å². The molecule has 1 aromatic heterocycles. The zero-order chi connectivity index (χ0) is 15.2. The predicted octanol–water partition coefficient (Wildman–Crippen LogP) is 4.36. The second-order valence-electron chi connectivity index (χ2n) is 6.60. The van der Waals surface area contributed by atoms with Crippen LogP contribution in [0.4, 0.5) is 5.13 Å². The van der Waals surface area contributed by atoms with Gasteiger partial charge in [-0.1, -0.05) is 33.6 Å². The Morgan fingerprint density at radius 1 is 1.33 bits per heavy atom. The first-order chi connectivity index (χ1) is 10.1. The van der Waals surface area contributed by atoms with Gasteiger partial charge in [0, 0.05) is 24.0 Å². The normalized spacial score (nSPS) is 16.0. The van der Waals surface area contributed by atoms with Crippen LogP contribution in [0.1, 0.15) is 63.4 Å². The maximum Gasteiger partial charge on any atom is 0.186 e. The Morgan fingerprint density at radius 2 is 2.05 bits per heavy atom. The van der Waals surface area contributed by atoms with E-state index in [2.05, 4.69) is 37.9 Å². The van der Waals surface area contributed by atoms with Crippen LogP contribution in [-0.2, 0) is 6.54 Å². The molecule has 0 aromatic carbocycles. The first-order valence-corrected chi connectivity index (χ1v) is 9.37. The number of nitrogens with zero attached hydrogens (tertiary/aromatic N) is 2. The highest BCUT2D eigenvalue weighted by Crippen LogP contribution is 2.33. The molecule has 0 aliphatic heterocycles. The van der Waals surface area contributed by atoms with Crippen LogP contribution in [0.15, 0.2) is 0 Å². The minimum Gasteiger partial charge on any atom is -0.345 e. The summed E-state index contributed by atoms with van der Waals surface area (Å²) in [5.74, 6) is 0.760. The van der Waals surface area contributed by atoms with Gasteiger partial charge in [0.05, 0.1) is 5.69 Å². The molecule has 3 nitrogen and oxygen atoms in total. The highest BCUT2D eigenvalue weighted by atomic mass is 32.1. The number of hydrogen-bond acceptors (Lipinski definition) is 4. The summed E-state index contributed by atoms with van der Waals surface area (Å²) in [6, 6.07) is 0.723. The minimum absolute atomic E-state index is 0.723. The lowest BCUT2D eigenvalue weighted by molar-refractivity contribution is 0.527. The first-order valence-electron chi connectivity index (χ1n) is 8.55. The third kappa shape index (κ3) is 4.68. The zero-order valence-corrected chi connectivity index (χ0v) is 14.9. The van der Waals surface area contributed by atoms with Gasteiger partial charge in [0.15, 0.2) is 5.13 Å². The van der Waals surface area contributed by atoms with Crippen molar-refractivity contribution >= 4 is 16.5 Å². The third-order valence-corrected chi connectivity index (χ3v) is 5.57. The van der Waals surface area contributed by atoms with Gasteiger partial charge in [-0.15, -0.1) is 11.3 Å². The molecule has 1 aromatic rings. The fourth-order valence-electron chi connectivity index (χ4n) is 2.99. The van der Waals surface area contributed by atoms with Crippen LogP contribution in [0.2, 0.25) is 0 Å². The molecule has 1 aliphatic rings. The van der Waals surface area contributed by atoms with Crippen LogP contribution >= 0.6 is 11.3 Å². The van der Waals surface area contributed by atoms with Crippen LogP contribution in [0.5, 0.6) is 0 Å². The van der Waals surface area contributed by atoms with Gasteiger partial charge < -0.3 is 10.2 Å². The molecule has 0 unspecified atom stereocenters. The highest BCUT2D eigenvalue weighted by Gasteiger charge is 2.25. The van der Waals surface area contributed by atoms with Crippen LogP contribution < -0.4 is 10.2 Å². The molecule has 4 heteroatoms. The maximum absolute atomic E-state index is 4.89. The number of rotatable bonds is 8. The summed E-state index contributed by atoms with van der Waals surface area (Å²) < 4.78 is 0. The standard InChI is InChI=1S/C17H31N3S/c1-5-18-12-16-14(4)19-17(21-16)20(11-10-13(2)3)15-8-6-7-9-15/h13,15,18H,5-12H2,1-4H3. The highest BCUT2D eigenvalue weighted by molar-refractivity contribution is 7.15. The molecule has 1 N–H and O–H groups in total. The Balaban J connectivity index is 2.11.